The molecule has 2 heteroatoms. The second kappa shape index (κ2) is 5.75. The molecule has 122 valence electrons. The first-order valence-electron chi connectivity index (χ1n) is 8.88. The van der Waals surface area contributed by atoms with Crippen LogP contribution in [0.25, 0.3) is 6.08 Å². The summed E-state index contributed by atoms with van der Waals surface area (Å²) in [6.07, 6.45) is 12.2. The van der Waals surface area contributed by atoms with Crippen molar-refractivity contribution in [2.75, 3.05) is 0 Å². The van der Waals surface area contributed by atoms with Crippen LogP contribution >= 0.6 is 0 Å². The van der Waals surface area contributed by atoms with E-state index in [0.717, 1.165) is 6.42 Å². The lowest BCUT2D eigenvalue weighted by molar-refractivity contribution is 0.791. The Balaban J connectivity index is 1.95. The maximum Gasteiger partial charge on any atom is 0.0771 e. The minimum atomic E-state index is -1.27. The minimum Gasteiger partial charge on any atom is -0.0795 e. The first kappa shape index (κ1) is 16.7. The summed E-state index contributed by atoms with van der Waals surface area (Å²) < 4.78 is 0. The molecule has 0 nitrogen and oxygen atoms in total. The maximum absolute atomic E-state index is 2.62. The van der Waals surface area contributed by atoms with Gasteiger partial charge in [-0.3, -0.25) is 0 Å². The highest BCUT2D eigenvalue weighted by Gasteiger charge is 2.33. The summed E-state index contributed by atoms with van der Waals surface area (Å²) >= 11 is 0. The van der Waals surface area contributed by atoms with Crippen molar-refractivity contribution < 1.29 is 0 Å². The van der Waals surface area contributed by atoms with Crippen LogP contribution in [0.2, 0.25) is 39.3 Å². The number of hydrogen-bond acceptors (Lipinski definition) is 0. The zero-order valence-corrected chi connectivity index (χ0v) is 17.5. The van der Waals surface area contributed by atoms with E-state index >= 15 is 0 Å². The van der Waals surface area contributed by atoms with E-state index in [1.54, 1.807) is 16.0 Å². The Kier molecular flexibility index (Phi) is 4.18. The molecule has 3 rings (SSSR count). The monoisotopic (exact) mass is 338 g/mol. The van der Waals surface area contributed by atoms with Crippen LogP contribution in [0, 0.1) is 5.92 Å². The van der Waals surface area contributed by atoms with Crippen LogP contribution in [0.3, 0.4) is 0 Å². The molecule has 0 aromatic heterocycles. The fraction of sp³-hybridized carbons (Fsp3) is 0.429. The molecule has 0 saturated heterocycles. The standard InChI is InChI=1S/C21H30Si2/c1-22(2,3)19-14-18(21(15-19)23(4,5)6)13-17-11-7-9-16-10-8-12-20(16)17/h7-9,11-12,14-15,18H,10,13H2,1-6H3. The Morgan fingerprint density at radius 3 is 2.39 bits per heavy atom. The van der Waals surface area contributed by atoms with Crippen molar-refractivity contribution >= 4 is 22.2 Å². The van der Waals surface area contributed by atoms with E-state index in [-0.39, 0.29) is 0 Å². The highest BCUT2D eigenvalue weighted by molar-refractivity contribution is 6.86. The Morgan fingerprint density at radius 2 is 1.74 bits per heavy atom. The van der Waals surface area contributed by atoms with Crippen molar-refractivity contribution in [2.45, 2.75) is 52.1 Å². The first-order valence-corrected chi connectivity index (χ1v) is 15.9. The van der Waals surface area contributed by atoms with Gasteiger partial charge in [-0.2, -0.15) is 0 Å². The molecule has 0 amide bonds. The largest absolute Gasteiger partial charge is 0.0795 e. The van der Waals surface area contributed by atoms with Crippen LogP contribution in [0.15, 0.2) is 46.8 Å². The lowest BCUT2D eigenvalue weighted by Crippen LogP contribution is -2.28. The molecule has 23 heavy (non-hydrogen) atoms. The molecule has 0 spiro atoms. The molecule has 2 aliphatic carbocycles. The SMILES string of the molecule is C[Si](C)(C)C1=CC(Cc2cccc3c2C=CC3)C([Si](C)(C)C)=C1. The fourth-order valence-electron chi connectivity index (χ4n) is 3.81. The Morgan fingerprint density at radius 1 is 1.00 bits per heavy atom. The van der Waals surface area contributed by atoms with Crippen molar-refractivity contribution in [1.29, 1.82) is 0 Å². The molecule has 1 unspecified atom stereocenters. The maximum atomic E-state index is 2.62. The summed E-state index contributed by atoms with van der Waals surface area (Å²) in [5.74, 6) is 0.629. The highest BCUT2D eigenvalue weighted by atomic mass is 28.3. The lowest BCUT2D eigenvalue weighted by Gasteiger charge is -2.25. The molecule has 0 radical (unpaired) electrons. The van der Waals surface area contributed by atoms with E-state index in [4.69, 9.17) is 0 Å². The van der Waals surface area contributed by atoms with Crippen molar-refractivity contribution in [3.63, 3.8) is 0 Å². The molecule has 1 atom stereocenters. The third-order valence-electron chi connectivity index (χ3n) is 5.17. The second-order valence-electron chi connectivity index (χ2n) is 9.13. The number of fused-ring (bicyclic) bond motifs is 1. The van der Waals surface area contributed by atoms with Crippen molar-refractivity contribution in [1.82, 2.24) is 0 Å². The van der Waals surface area contributed by atoms with Crippen LogP contribution in [-0.2, 0) is 12.8 Å². The third-order valence-corrected chi connectivity index (χ3v) is 9.46. The van der Waals surface area contributed by atoms with E-state index in [0.29, 0.717) is 5.92 Å². The number of rotatable bonds is 4. The molecular weight excluding hydrogens is 308 g/mol. The van der Waals surface area contributed by atoms with Gasteiger partial charge in [0.25, 0.3) is 0 Å². The summed E-state index contributed by atoms with van der Waals surface area (Å²) in [6, 6.07) is 6.87. The highest BCUT2D eigenvalue weighted by Crippen LogP contribution is 2.38. The third kappa shape index (κ3) is 3.38. The molecule has 0 aliphatic heterocycles. The fourth-order valence-corrected chi connectivity index (χ4v) is 7.13. The Hall–Kier alpha value is -1.13. The van der Waals surface area contributed by atoms with E-state index in [1.807, 2.05) is 0 Å². The summed E-state index contributed by atoms with van der Waals surface area (Å²) in [5, 5.41) is 3.43. The summed E-state index contributed by atoms with van der Waals surface area (Å²) in [7, 11) is -2.51. The average molecular weight is 339 g/mol. The predicted octanol–water partition coefficient (Wildman–Crippen LogP) is 6.04. The van der Waals surface area contributed by atoms with Gasteiger partial charge in [-0.05, 0) is 35.4 Å². The van der Waals surface area contributed by atoms with Crippen LogP contribution < -0.4 is 0 Å². The molecule has 0 N–H and O–H groups in total. The van der Waals surface area contributed by atoms with Crippen molar-refractivity contribution in [3.8, 4) is 0 Å². The zero-order chi connectivity index (χ0) is 16.8. The number of benzene rings is 1. The molecule has 1 aromatic carbocycles. The van der Waals surface area contributed by atoms with Gasteiger partial charge in [0.1, 0.15) is 0 Å². The predicted molar refractivity (Wildman–Crippen MR) is 109 cm³/mol. The molecule has 0 bridgehead atoms. The molecule has 0 saturated carbocycles. The van der Waals surface area contributed by atoms with Crippen LogP contribution in [-0.4, -0.2) is 16.1 Å². The van der Waals surface area contributed by atoms with Gasteiger partial charge in [-0.25, -0.2) is 0 Å². The van der Waals surface area contributed by atoms with E-state index < -0.39 is 16.1 Å². The van der Waals surface area contributed by atoms with Crippen LogP contribution in [0.4, 0.5) is 0 Å². The van der Waals surface area contributed by atoms with Crippen LogP contribution in [0.1, 0.15) is 16.7 Å². The topological polar surface area (TPSA) is 0 Å². The van der Waals surface area contributed by atoms with Gasteiger partial charge in [-0.1, -0.05) is 92.2 Å². The zero-order valence-electron chi connectivity index (χ0n) is 15.5. The normalized spacial score (nSPS) is 20.5. The van der Waals surface area contributed by atoms with E-state index in [9.17, 15) is 0 Å². The molecule has 0 fully saturated rings. The van der Waals surface area contributed by atoms with Gasteiger partial charge >= 0.3 is 0 Å². The van der Waals surface area contributed by atoms with Gasteiger partial charge in [0.05, 0.1) is 16.1 Å². The summed E-state index contributed by atoms with van der Waals surface area (Å²) in [6.45, 7) is 14.9. The van der Waals surface area contributed by atoms with E-state index in [2.05, 4.69) is 81.8 Å². The Bertz CT molecular complexity index is 706. The average Bonchev–Trinajstić information content (AvgIpc) is 3.03. The molecule has 1 aromatic rings. The van der Waals surface area contributed by atoms with Gasteiger partial charge < -0.3 is 0 Å². The van der Waals surface area contributed by atoms with E-state index in [1.165, 1.54) is 17.5 Å². The second-order valence-corrected chi connectivity index (χ2v) is 19.3. The Labute approximate surface area is 144 Å². The lowest BCUT2D eigenvalue weighted by atomic mass is 9.94. The summed E-state index contributed by atoms with van der Waals surface area (Å²) in [4.78, 5) is 0. The first-order chi connectivity index (χ1) is 10.7. The minimum absolute atomic E-state index is 0.629. The van der Waals surface area contributed by atoms with Crippen molar-refractivity contribution in [3.05, 3.63) is 63.5 Å². The molecule has 0 heterocycles. The molecule has 2 aliphatic rings. The number of allylic oxidation sites excluding steroid dienone is 5. The van der Waals surface area contributed by atoms with Gasteiger partial charge in [0, 0.05) is 0 Å². The quantitative estimate of drug-likeness (QED) is 0.587. The van der Waals surface area contributed by atoms with Gasteiger partial charge in [-0.15, -0.1) is 0 Å². The smallest absolute Gasteiger partial charge is 0.0771 e. The summed E-state index contributed by atoms with van der Waals surface area (Å²) in [5.41, 5.74) is 4.55. The van der Waals surface area contributed by atoms with Crippen LogP contribution in [0.5, 0.6) is 0 Å². The molecular formula is C21H30Si2. The van der Waals surface area contributed by atoms with Gasteiger partial charge in [0.2, 0.25) is 0 Å². The van der Waals surface area contributed by atoms with Gasteiger partial charge in [0.15, 0.2) is 0 Å². The number of hydrogen-bond donors (Lipinski definition) is 0. The van der Waals surface area contributed by atoms with Crippen molar-refractivity contribution in [2.24, 2.45) is 5.92 Å².